The van der Waals surface area contributed by atoms with Gasteiger partial charge in [-0.15, -0.1) is 0 Å². The Bertz CT molecular complexity index is 334. The lowest BCUT2D eigenvalue weighted by molar-refractivity contribution is 0.0985. The van der Waals surface area contributed by atoms with E-state index in [1.165, 1.54) is 6.07 Å². The molecule has 0 aromatic heterocycles. The van der Waals surface area contributed by atoms with Crippen molar-refractivity contribution in [2.75, 3.05) is 6.54 Å². The van der Waals surface area contributed by atoms with Crippen molar-refractivity contribution in [3.8, 4) is 5.75 Å². The van der Waals surface area contributed by atoms with Crippen molar-refractivity contribution in [3.63, 3.8) is 0 Å². The molecule has 0 atom stereocenters. The van der Waals surface area contributed by atoms with Crippen LogP contribution in [0.4, 0.5) is 0 Å². The maximum absolute atomic E-state index is 11.5. The number of hydrogen-bond acceptors (Lipinski definition) is 3. The molecule has 1 aromatic rings. The molecule has 0 aliphatic heterocycles. The van der Waals surface area contributed by atoms with E-state index in [4.69, 9.17) is 5.73 Å². The van der Waals surface area contributed by atoms with Crippen LogP contribution in [0.25, 0.3) is 0 Å². The van der Waals surface area contributed by atoms with Crippen LogP contribution in [0.2, 0.25) is 0 Å². The van der Waals surface area contributed by atoms with Gasteiger partial charge in [-0.1, -0.05) is 6.92 Å². The first-order valence-corrected chi connectivity index (χ1v) is 4.73. The number of carbonyl (C=O) groups is 1. The van der Waals surface area contributed by atoms with E-state index in [1.54, 1.807) is 12.1 Å². The molecule has 0 spiro atoms. The molecule has 14 heavy (non-hydrogen) atoms. The number of carbonyl (C=O) groups excluding carboxylic acids is 1. The summed E-state index contributed by atoms with van der Waals surface area (Å²) in [7, 11) is 0. The normalized spacial score (nSPS) is 10.1. The van der Waals surface area contributed by atoms with Gasteiger partial charge in [0, 0.05) is 12.0 Å². The largest absolute Gasteiger partial charge is 0.508 e. The predicted octanol–water partition coefficient (Wildman–Crippen LogP) is 1.49. The summed E-state index contributed by atoms with van der Waals surface area (Å²) in [4.78, 5) is 11.5. The minimum Gasteiger partial charge on any atom is -0.508 e. The van der Waals surface area contributed by atoms with Gasteiger partial charge in [0.25, 0.3) is 0 Å². The Labute approximate surface area is 83.6 Å². The number of phenols is 1. The first kappa shape index (κ1) is 10.7. The summed E-state index contributed by atoms with van der Waals surface area (Å²) in [5.74, 6) is 0.128. The molecule has 3 heteroatoms. The topological polar surface area (TPSA) is 63.3 Å². The van der Waals surface area contributed by atoms with E-state index >= 15 is 0 Å². The Morgan fingerprint density at radius 1 is 1.43 bits per heavy atom. The monoisotopic (exact) mass is 193 g/mol. The zero-order chi connectivity index (χ0) is 10.6. The van der Waals surface area contributed by atoms with Gasteiger partial charge in [-0.2, -0.15) is 0 Å². The molecule has 0 saturated heterocycles. The summed E-state index contributed by atoms with van der Waals surface area (Å²) < 4.78 is 0. The van der Waals surface area contributed by atoms with Crippen LogP contribution in [-0.4, -0.2) is 17.4 Å². The highest BCUT2D eigenvalue weighted by molar-refractivity contribution is 5.96. The lowest BCUT2D eigenvalue weighted by Crippen LogP contribution is -2.08. The van der Waals surface area contributed by atoms with Gasteiger partial charge < -0.3 is 10.8 Å². The smallest absolute Gasteiger partial charge is 0.164 e. The first-order chi connectivity index (χ1) is 6.67. The minimum atomic E-state index is -0.0156. The molecule has 3 N–H and O–H groups in total. The summed E-state index contributed by atoms with van der Waals surface area (Å²) in [5.41, 5.74) is 6.80. The Morgan fingerprint density at radius 3 is 2.71 bits per heavy atom. The second kappa shape index (κ2) is 4.77. The molecule has 0 aliphatic carbocycles. The number of aromatic hydroxyl groups is 1. The standard InChI is InChI=1S/C11H15NO2/c1-2-8-5-9(7-10(13)6-8)11(14)3-4-12/h5-7,13H,2-4,12H2,1H3. The summed E-state index contributed by atoms with van der Waals surface area (Å²) >= 11 is 0. The van der Waals surface area contributed by atoms with Gasteiger partial charge in [0.1, 0.15) is 5.75 Å². The Hall–Kier alpha value is -1.35. The van der Waals surface area contributed by atoms with Gasteiger partial charge in [0.2, 0.25) is 0 Å². The van der Waals surface area contributed by atoms with Gasteiger partial charge >= 0.3 is 0 Å². The molecule has 0 saturated carbocycles. The summed E-state index contributed by atoms with van der Waals surface area (Å²) in [5, 5.41) is 9.36. The second-order valence-electron chi connectivity index (χ2n) is 3.20. The van der Waals surface area contributed by atoms with Crippen molar-refractivity contribution in [1.29, 1.82) is 0 Å². The summed E-state index contributed by atoms with van der Waals surface area (Å²) in [6, 6.07) is 4.95. The fraction of sp³-hybridized carbons (Fsp3) is 0.364. The van der Waals surface area contributed by atoms with E-state index in [0.717, 1.165) is 12.0 Å². The molecule has 3 nitrogen and oxygen atoms in total. The third-order valence-corrected chi connectivity index (χ3v) is 2.08. The number of hydrogen-bond donors (Lipinski definition) is 2. The van der Waals surface area contributed by atoms with Crippen LogP contribution >= 0.6 is 0 Å². The fourth-order valence-electron chi connectivity index (χ4n) is 1.31. The number of Topliss-reactive ketones (excluding diaryl/α,β-unsaturated/α-hetero) is 1. The second-order valence-corrected chi connectivity index (χ2v) is 3.20. The molecule has 0 heterocycles. The van der Waals surface area contributed by atoms with E-state index in [2.05, 4.69) is 0 Å². The number of nitrogens with two attached hydrogens (primary N) is 1. The molecule has 1 rings (SSSR count). The molecule has 0 fully saturated rings. The molecule has 1 aromatic carbocycles. The lowest BCUT2D eigenvalue weighted by Gasteiger charge is -2.03. The zero-order valence-corrected chi connectivity index (χ0v) is 8.29. The lowest BCUT2D eigenvalue weighted by atomic mass is 10.0. The first-order valence-electron chi connectivity index (χ1n) is 4.73. The van der Waals surface area contributed by atoms with Crippen LogP contribution < -0.4 is 5.73 Å². The Kier molecular flexibility index (Phi) is 3.65. The van der Waals surface area contributed by atoms with Crippen molar-refractivity contribution in [2.24, 2.45) is 5.73 Å². The molecule has 0 radical (unpaired) electrons. The quantitative estimate of drug-likeness (QED) is 0.712. The van der Waals surface area contributed by atoms with Crippen LogP contribution in [-0.2, 0) is 6.42 Å². The van der Waals surface area contributed by atoms with Crippen LogP contribution in [0.5, 0.6) is 5.75 Å². The molecule has 0 bridgehead atoms. The van der Waals surface area contributed by atoms with Gasteiger partial charge in [0.05, 0.1) is 0 Å². The van der Waals surface area contributed by atoms with E-state index in [0.29, 0.717) is 18.5 Å². The van der Waals surface area contributed by atoms with Crippen molar-refractivity contribution in [1.82, 2.24) is 0 Å². The number of rotatable bonds is 4. The molecule has 0 unspecified atom stereocenters. The van der Waals surface area contributed by atoms with Gasteiger partial charge in [-0.25, -0.2) is 0 Å². The predicted molar refractivity (Wildman–Crippen MR) is 55.5 cm³/mol. The van der Waals surface area contributed by atoms with Crippen molar-refractivity contribution >= 4 is 5.78 Å². The fourth-order valence-corrected chi connectivity index (χ4v) is 1.31. The van der Waals surface area contributed by atoms with E-state index in [-0.39, 0.29) is 11.5 Å². The van der Waals surface area contributed by atoms with Crippen LogP contribution in [0.3, 0.4) is 0 Å². The average molecular weight is 193 g/mol. The number of phenolic OH excluding ortho intramolecular Hbond substituents is 1. The van der Waals surface area contributed by atoms with Crippen LogP contribution in [0.1, 0.15) is 29.3 Å². The summed E-state index contributed by atoms with van der Waals surface area (Å²) in [6.45, 7) is 2.32. The maximum Gasteiger partial charge on any atom is 0.164 e. The van der Waals surface area contributed by atoms with E-state index in [1.807, 2.05) is 6.92 Å². The Morgan fingerprint density at radius 2 is 2.14 bits per heavy atom. The summed E-state index contributed by atoms with van der Waals surface area (Å²) in [6.07, 6.45) is 1.13. The van der Waals surface area contributed by atoms with E-state index in [9.17, 15) is 9.90 Å². The van der Waals surface area contributed by atoms with Gasteiger partial charge in [0.15, 0.2) is 5.78 Å². The molecular formula is C11H15NO2. The third-order valence-electron chi connectivity index (χ3n) is 2.08. The Balaban J connectivity index is 2.96. The van der Waals surface area contributed by atoms with Gasteiger partial charge in [-0.05, 0) is 36.7 Å². The maximum atomic E-state index is 11.5. The zero-order valence-electron chi connectivity index (χ0n) is 8.29. The van der Waals surface area contributed by atoms with Crippen molar-refractivity contribution in [2.45, 2.75) is 19.8 Å². The third kappa shape index (κ3) is 2.57. The van der Waals surface area contributed by atoms with Crippen LogP contribution in [0, 0.1) is 0 Å². The molecular weight excluding hydrogens is 178 g/mol. The van der Waals surface area contributed by atoms with Crippen molar-refractivity contribution < 1.29 is 9.90 Å². The van der Waals surface area contributed by atoms with Crippen LogP contribution in [0.15, 0.2) is 18.2 Å². The number of benzene rings is 1. The highest BCUT2D eigenvalue weighted by Gasteiger charge is 2.06. The average Bonchev–Trinajstić information content (AvgIpc) is 2.17. The number of ketones is 1. The SMILES string of the molecule is CCc1cc(O)cc(C(=O)CCN)c1. The minimum absolute atomic E-state index is 0.0156. The molecule has 76 valence electrons. The highest BCUT2D eigenvalue weighted by Crippen LogP contribution is 2.17. The van der Waals surface area contributed by atoms with Gasteiger partial charge in [-0.3, -0.25) is 4.79 Å². The van der Waals surface area contributed by atoms with Crippen molar-refractivity contribution in [3.05, 3.63) is 29.3 Å². The highest BCUT2D eigenvalue weighted by atomic mass is 16.3. The van der Waals surface area contributed by atoms with E-state index < -0.39 is 0 Å². The molecule has 0 amide bonds. The number of aryl methyl sites for hydroxylation is 1. The molecule has 0 aliphatic rings.